The van der Waals surface area contributed by atoms with Crippen molar-refractivity contribution in [3.8, 4) is 0 Å². The number of aryl methyl sites for hydroxylation is 1. The van der Waals surface area contributed by atoms with Crippen molar-refractivity contribution in [1.82, 2.24) is 14.9 Å². The summed E-state index contributed by atoms with van der Waals surface area (Å²) in [5.41, 5.74) is 8.04. The van der Waals surface area contributed by atoms with E-state index >= 15 is 0 Å². The molecule has 1 amide bonds. The van der Waals surface area contributed by atoms with Crippen LogP contribution in [0, 0.1) is 0 Å². The van der Waals surface area contributed by atoms with Crippen LogP contribution in [0.25, 0.3) is 0 Å². The molecule has 0 saturated heterocycles. The molecule has 1 aromatic heterocycles. The van der Waals surface area contributed by atoms with Gasteiger partial charge in [0.2, 0.25) is 5.95 Å². The van der Waals surface area contributed by atoms with E-state index in [1.807, 2.05) is 0 Å². The van der Waals surface area contributed by atoms with Crippen LogP contribution in [0.5, 0.6) is 0 Å². The molecule has 16 heavy (non-hydrogen) atoms. The first-order valence-electron chi connectivity index (χ1n) is 5.46. The van der Waals surface area contributed by atoms with Crippen LogP contribution in [0.4, 0.5) is 5.95 Å². The molecule has 1 aliphatic rings. The maximum atomic E-state index is 11.9. The fraction of sp³-hybridized carbons (Fsp3) is 0.545. The van der Waals surface area contributed by atoms with Crippen molar-refractivity contribution in [3.63, 3.8) is 0 Å². The molecule has 0 aromatic carbocycles. The number of hydrogen-bond acceptors (Lipinski definition) is 4. The number of nitrogen functional groups attached to an aromatic ring is 1. The highest BCUT2D eigenvalue weighted by molar-refractivity contribution is 5.94. The Balaban J connectivity index is 2.51. The number of fused-ring (bicyclic) bond motifs is 1. The second-order valence-corrected chi connectivity index (χ2v) is 4.26. The molecule has 0 spiro atoms. The number of rotatable bonds is 1. The van der Waals surface area contributed by atoms with E-state index in [1.165, 1.54) is 4.90 Å². The lowest BCUT2D eigenvalue weighted by Crippen LogP contribution is -2.26. The summed E-state index contributed by atoms with van der Waals surface area (Å²) in [4.78, 5) is 21.8. The van der Waals surface area contributed by atoms with E-state index < -0.39 is 0 Å². The number of anilines is 1. The maximum absolute atomic E-state index is 11.9. The number of aromatic nitrogens is 2. The van der Waals surface area contributed by atoms with E-state index in [0.29, 0.717) is 5.69 Å². The van der Waals surface area contributed by atoms with Gasteiger partial charge in [-0.25, -0.2) is 9.97 Å². The van der Waals surface area contributed by atoms with Crippen LogP contribution in [0.1, 0.15) is 34.6 Å². The van der Waals surface area contributed by atoms with Crippen LogP contribution in [0.3, 0.4) is 0 Å². The molecule has 0 atom stereocenters. The van der Waals surface area contributed by atoms with Crippen LogP contribution in [0.2, 0.25) is 0 Å². The van der Waals surface area contributed by atoms with Gasteiger partial charge in [-0.15, -0.1) is 0 Å². The molecule has 0 saturated carbocycles. The number of nitrogens with zero attached hydrogens (tertiary/aromatic N) is 3. The first-order chi connectivity index (χ1) is 7.59. The third kappa shape index (κ3) is 1.85. The number of hydrogen-bond donors (Lipinski definition) is 1. The van der Waals surface area contributed by atoms with Crippen LogP contribution >= 0.6 is 0 Å². The molecule has 0 radical (unpaired) electrons. The third-order valence-electron chi connectivity index (χ3n) is 2.81. The summed E-state index contributed by atoms with van der Waals surface area (Å²) in [5.74, 6) is 0.109. The fourth-order valence-electron chi connectivity index (χ4n) is 2.00. The largest absolute Gasteiger partial charge is 0.368 e. The van der Waals surface area contributed by atoms with Gasteiger partial charge in [0.05, 0.1) is 0 Å². The number of carbonyl (C=O) groups is 1. The molecule has 1 heterocycles. The minimum Gasteiger partial charge on any atom is -0.368 e. The zero-order chi connectivity index (χ0) is 11.7. The summed E-state index contributed by atoms with van der Waals surface area (Å²) in [7, 11) is 3.44. The van der Waals surface area contributed by atoms with Gasteiger partial charge in [-0.2, -0.15) is 0 Å². The highest BCUT2D eigenvalue weighted by atomic mass is 16.2. The number of carbonyl (C=O) groups excluding carboxylic acids is 1. The molecule has 0 bridgehead atoms. The fourth-order valence-corrected chi connectivity index (χ4v) is 2.00. The lowest BCUT2D eigenvalue weighted by molar-refractivity contribution is 0.0820. The Morgan fingerprint density at radius 2 is 1.94 bits per heavy atom. The van der Waals surface area contributed by atoms with Gasteiger partial charge < -0.3 is 10.6 Å². The quantitative estimate of drug-likeness (QED) is 0.753. The zero-order valence-electron chi connectivity index (χ0n) is 9.66. The van der Waals surface area contributed by atoms with Gasteiger partial charge in [-0.1, -0.05) is 0 Å². The summed E-state index contributed by atoms with van der Waals surface area (Å²) in [5, 5.41) is 0. The SMILES string of the molecule is CN(C)C(=O)c1nc(N)nc2c1CCCC2. The summed E-state index contributed by atoms with van der Waals surface area (Å²) in [6, 6.07) is 0. The smallest absolute Gasteiger partial charge is 0.272 e. The molecule has 0 fully saturated rings. The van der Waals surface area contributed by atoms with E-state index in [4.69, 9.17) is 5.73 Å². The summed E-state index contributed by atoms with van der Waals surface area (Å²) in [6.07, 6.45) is 3.98. The van der Waals surface area contributed by atoms with E-state index in [-0.39, 0.29) is 11.9 Å². The van der Waals surface area contributed by atoms with E-state index in [1.54, 1.807) is 14.1 Å². The van der Waals surface area contributed by atoms with Gasteiger partial charge in [0, 0.05) is 25.4 Å². The molecule has 86 valence electrons. The number of amides is 1. The zero-order valence-corrected chi connectivity index (χ0v) is 9.66. The molecule has 1 aromatic rings. The van der Waals surface area contributed by atoms with Crippen LogP contribution in [-0.4, -0.2) is 34.9 Å². The van der Waals surface area contributed by atoms with Crippen molar-refractivity contribution >= 4 is 11.9 Å². The second-order valence-electron chi connectivity index (χ2n) is 4.26. The van der Waals surface area contributed by atoms with Gasteiger partial charge in [0.15, 0.2) is 0 Å². The van der Waals surface area contributed by atoms with E-state index in [2.05, 4.69) is 9.97 Å². The predicted molar refractivity (Wildman–Crippen MR) is 61.1 cm³/mol. The maximum Gasteiger partial charge on any atom is 0.272 e. The van der Waals surface area contributed by atoms with Crippen molar-refractivity contribution in [3.05, 3.63) is 17.0 Å². The van der Waals surface area contributed by atoms with Crippen LogP contribution in [-0.2, 0) is 12.8 Å². The molecule has 1 aliphatic carbocycles. The van der Waals surface area contributed by atoms with Crippen molar-refractivity contribution < 1.29 is 4.79 Å². The Kier molecular flexibility index (Phi) is 2.77. The van der Waals surface area contributed by atoms with Gasteiger partial charge >= 0.3 is 0 Å². The van der Waals surface area contributed by atoms with Crippen LogP contribution < -0.4 is 5.73 Å². The minimum absolute atomic E-state index is 0.0905. The van der Waals surface area contributed by atoms with Gasteiger partial charge in [-0.05, 0) is 25.7 Å². The normalized spacial score (nSPS) is 14.4. The third-order valence-corrected chi connectivity index (χ3v) is 2.81. The average Bonchev–Trinajstić information content (AvgIpc) is 2.26. The van der Waals surface area contributed by atoms with Gasteiger partial charge in [-0.3, -0.25) is 4.79 Å². The Morgan fingerprint density at radius 1 is 1.25 bits per heavy atom. The molecule has 2 N–H and O–H groups in total. The highest BCUT2D eigenvalue weighted by Crippen LogP contribution is 2.23. The highest BCUT2D eigenvalue weighted by Gasteiger charge is 2.22. The Hall–Kier alpha value is -1.65. The molecular formula is C11H16N4O. The Morgan fingerprint density at radius 3 is 2.62 bits per heavy atom. The summed E-state index contributed by atoms with van der Waals surface area (Å²) >= 11 is 0. The van der Waals surface area contributed by atoms with Crippen molar-refractivity contribution in [2.75, 3.05) is 19.8 Å². The molecule has 5 heteroatoms. The first-order valence-corrected chi connectivity index (χ1v) is 5.46. The topological polar surface area (TPSA) is 72.1 Å². The van der Waals surface area contributed by atoms with E-state index in [9.17, 15) is 4.79 Å². The molecule has 5 nitrogen and oxygen atoms in total. The monoisotopic (exact) mass is 220 g/mol. The van der Waals surface area contributed by atoms with Gasteiger partial charge in [0.1, 0.15) is 5.69 Å². The molecule has 2 rings (SSSR count). The van der Waals surface area contributed by atoms with E-state index in [0.717, 1.165) is 36.9 Å². The van der Waals surface area contributed by atoms with Crippen molar-refractivity contribution in [2.45, 2.75) is 25.7 Å². The van der Waals surface area contributed by atoms with Crippen LogP contribution in [0.15, 0.2) is 0 Å². The lowest BCUT2D eigenvalue weighted by atomic mass is 9.94. The summed E-state index contributed by atoms with van der Waals surface area (Å²) in [6.45, 7) is 0. The molecule has 0 aliphatic heterocycles. The minimum atomic E-state index is -0.0905. The van der Waals surface area contributed by atoms with Gasteiger partial charge in [0.25, 0.3) is 5.91 Å². The standard InChI is InChI=1S/C11H16N4O/c1-15(2)10(16)9-7-5-3-4-6-8(7)13-11(12)14-9/h3-6H2,1-2H3,(H2,12,13,14). The second kappa shape index (κ2) is 4.08. The Labute approximate surface area is 94.7 Å². The number of nitrogens with two attached hydrogens (primary N) is 1. The molecule has 0 unspecified atom stereocenters. The molecular weight excluding hydrogens is 204 g/mol. The Bertz CT molecular complexity index is 428. The van der Waals surface area contributed by atoms with Crippen molar-refractivity contribution in [2.24, 2.45) is 0 Å². The predicted octanol–water partition coefficient (Wildman–Crippen LogP) is 0.639. The average molecular weight is 220 g/mol. The lowest BCUT2D eigenvalue weighted by Gasteiger charge is -2.19. The van der Waals surface area contributed by atoms with Crippen molar-refractivity contribution in [1.29, 1.82) is 0 Å². The first kappa shape index (κ1) is 10.9. The summed E-state index contributed by atoms with van der Waals surface area (Å²) < 4.78 is 0.